The minimum Gasteiger partial charge on any atom is -0.200 e. The van der Waals surface area contributed by atoms with Crippen molar-refractivity contribution in [3.63, 3.8) is 0 Å². The maximum atomic E-state index is 2.18. The van der Waals surface area contributed by atoms with Gasteiger partial charge in [-0.05, 0) is 23.8 Å². The van der Waals surface area contributed by atoms with Crippen molar-refractivity contribution in [2.75, 3.05) is 0 Å². The Kier molecular flexibility index (Phi) is 3.11. The lowest BCUT2D eigenvalue weighted by atomic mass is 10.1. The summed E-state index contributed by atoms with van der Waals surface area (Å²) in [6.07, 6.45) is 2.18. The second-order valence-electron chi connectivity index (χ2n) is 4.65. The van der Waals surface area contributed by atoms with Crippen LogP contribution in [0.25, 0.3) is 22.4 Å². The average molecular weight is 246 g/mol. The molecule has 1 aromatic heterocycles. The van der Waals surface area contributed by atoms with Gasteiger partial charge in [0.15, 0.2) is 6.20 Å². The molecular weight excluding hydrogens is 230 g/mol. The van der Waals surface area contributed by atoms with E-state index in [1.807, 2.05) is 12.1 Å². The molecule has 0 amide bonds. The van der Waals surface area contributed by atoms with E-state index in [0.29, 0.717) is 0 Å². The standard InChI is InChI=1S/C18H16N/c1-19-14-17(15-8-4-2-5-9-15)12-13-18(19)16-10-6-3-7-11-16/h2-14H,1H3/q+1. The van der Waals surface area contributed by atoms with E-state index in [4.69, 9.17) is 0 Å². The monoisotopic (exact) mass is 246 g/mol. The second-order valence-corrected chi connectivity index (χ2v) is 4.65. The molecule has 1 heterocycles. The van der Waals surface area contributed by atoms with Gasteiger partial charge in [0.2, 0.25) is 5.69 Å². The summed E-state index contributed by atoms with van der Waals surface area (Å²) in [5.41, 5.74) is 4.95. The van der Waals surface area contributed by atoms with Crippen LogP contribution in [-0.4, -0.2) is 0 Å². The van der Waals surface area contributed by atoms with Crippen LogP contribution >= 0.6 is 0 Å². The van der Waals surface area contributed by atoms with Gasteiger partial charge in [0.1, 0.15) is 7.05 Å². The number of hydrogen-bond acceptors (Lipinski definition) is 0. The molecular formula is C18H16N+. The predicted octanol–water partition coefficient (Wildman–Crippen LogP) is 3.85. The lowest BCUT2D eigenvalue weighted by Crippen LogP contribution is -2.30. The Morgan fingerprint density at radius 3 is 1.74 bits per heavy atom. The van der Waals surface area contributed by atoms with Gasteiger partial charge in [-0.2, -0.15) is 0 Å². The number of pyridine rings is 1. The number of benzene rings is 2. The first kappa shape index (κ1) is 11.7. The van der Waals surface area contributed by atoms with E-state index < -0.39 is 0 Å². The van der Waals surface area contributed by atoms with Crippen molar-refractivity contribution in [2.45, 2.75) is 0 Å². The quantitative estimate of drug-likeness (QED) is 0.605. The van der Waals surface area contributed by atoms with Gasteiger partial charge in [0.05, 0.1) is 0 Å². The Labute approximate surface area is 113 Å². The van der Waals surface area contributed by atoms with Crippen LogP contribution in [0.15, 0.2) is 79.0 Å². The number of aryl methyl sites for hydroxylation is 1. The normalized spacial score (nSPS) is 10.4. The number of aromatic nitrogens is 1. The number of nitrogens with zero attached hydrogens (tertiary/aromatic N) is 1. The van der Waals surface area contributed by atoms with E-state index in [-0.39, 0.29) is 0 Å². The molecule has 0 saturated carbocycles. The second kappa shape index (κ2) is 5.07. The zero-order valence-electron chi connectivity index (χ0n) is 11.0. The number of hydrogen-bond donors (Lipinski definition) is 0. The summed E-state index contributed by atoms with van der Waals surface area (Å²) in [5, 5.41) is 0. The van der Waals surface area contributed by atoms with Crippen LogP contribution in [0.2, 0.25) is 0 Å². The van der Waals surface area contributed by atoms with E-state index in [1.54, 1.807) is 0 Å². The molecule has 92 valence electrons. The van der Waals surface area contributed by atoms with Gasteiger partial charge in [-0.1, -0.05) is 48.5 Å². The SMILES string of the molecule is C[n+]1cc(-c2ccccc2)ccc1-c1ccccc1. The lowest BCUT2D eigenvalue weighted by molar-refractivity contribution is -0.659. The van der Waals surface area contributed by atoms with Crippen LogP contribution in [0.3, 0.4) is 0 Å². The lowest BCUT2D eigenvalue weighted by Gasteiger charge is -2.03. The van der Waals surface area contributed by atoms with Gasteiger partial charge in [0.25, 0.3) is 0 Å². The molecule has 0 radical (unpaired) electrons. The van der Waals surface area contributed by atoms with Crippen LogP contribution in [0.4, 0.5) is 0 Å². The van der Waals surface area contributed by atoms with Crippen molar-refractivity contribution in [3.8, 4) is 22.4 Å². The first-order valence-electron chi connectivity index (χ1n) is 6.45. The third-order valence-electron chi connectivity index (χ3n) is 3.31. The molecule has 19 heavy (non-hydrogen) atoms. The van der Waals surface area contributed by atoms with Crippen LogP contribution in [0.1, 0.15) is 0 Å². The van der Waals surface area contributed by atoms with Crippen molar-refractivity contribution in [1.29, 1.82) is 0 Å². The molecule has 0 aliphatic carbocycles. The summed E-state index contributed by atoms with van der Waals surface area (Å²) in [4.78, 5) is 0. The first-order chi connectivity index (χ1) is 9.34. The first-order valence-corrected chi connectivity index (χ1v) is 6.45. The van der Waals surface area contributed by atoms with Gasteiger partial charge >= 0.3 is 0 Å². The highest BCUT2D eigenvalue weighted by atomic mass is 14.9. The smallest absolute Gasteiger partial charge is 0.200 e. The molecule has 1 nitrogen and oxygen atoms in total. The number of rotatable bonds is 2. The fourth-order valence-corrected chi connectivity index (χ4v) is 2.32. The van der Waals surface area contributed by atoms with Crippen molar-refractivity contribution in [1.82, 2.24) is 0 Å². The van der Waals surface area contributed by atoms with E-state index in [1.165, 1.54) is 22.4 Å². The molecule has 0 saturated heterocycles. The molecule has 0 aliphatic rings. The molecule has 0 unspecified atom stereocenters. The van der Waals surface area contributed by atoms with Gasteiger partial charge in [-0.3, -0.25) is 0 Å². The highest BCUT2D eigenvalue weighted by Gasteiger charge is 2.10. The summed E-state index contributed by atoms with van der Waals surface area (Å²) in [6, 6.07) is 25.3. The Morgan fingerprint density at radius 1 is 0.579 bits per heavy atom. The summed E-state index contributed by atoms with van der Waals surface area (Å²) in [5.74, 6) is 0. The van der Waals surface area contributed by atoms with Gasteiger partial charge < -0.3 is 0 Å². The molecule has 0 spiro atoms. The molecule has 3 aromatic rings. The van der Waals surface area contributed by atoms with Crippen LogP contribution in [-0.2, 0) is 7.05 Å². The third-order valence-corrected chi connectivity index (χ3v) is 3.31. The summed E-state index contributed by atoms with van der Waals surface area (Å²) in [7, 11) is 2.09. The van der Waals surface area contributed by atoms with E-state index in [9.17, 15) is 0 Å². The van der Waals surface area contributed by atoms with E-state index in [0.717, 1.165) is 0 Å². The minimum absolute atomic E-state index is 1.22. The summed E-state index contributed by atoms with van der Waals surface area (Å²) >= 11 is 0. The zero-order chi connectivity index (χ0) is 13.1. The van der Waals surface area contributed by atoms with Crippen molar-refractivity contribution in [3.05, 3.63) is 79.0 Å². The predicted molar refractivity (Wildman–Crippen MR) is 78.5 cm³/mol. The highest BCUT2D eigenvalue weighted by molar-refractivity contribution is 5.64. The fraction of sp³-hybridized carbons (Fsp3) is 0.0556. The zero-order valence-corrected chi connectivity index (χ0v) is 11.0. The highest BCUT2D eigenvalue weighted by Crippen LogP contribution is 2.20. The average Bonchev–Trinajstić information content (AvgIpc) is 2.49. The Morgan fingerprint density at radius 2 is 1.16 bits per heavy atom. The minimum atomic E-state index is 1.22. The van der Waals surface area contributed by atoms with Crippen LogP contribution in [0, 0.1) is 0 Å². The third kappa shape index (κ3) is 2.41. The summed E-state index contributed by atoms with van der Waals surface area (Å²) < 4.78 is 2.18. The Hall–Kier alpha value is -2.41. The molecule has 0 N–H and O–H groups in total. The van der Waals surface area contributed by atoms with Gasteiger partial charge in [-0.25, -0.2) is 4.57 Å². The van der Waals surface area contributed by atoms with Gasteiger partial charge in [-0.15, -0.1) is 0 Å². The fourth-order valence-electron chi connectivity index (χ4n) is 2.32. The van der Waals surface area contributed by atoms with Gasteiger partial charge in [0, 0.05) is 17.2 Å². The van der Waals surface area contributed by atoms with Crippen LogP contribution < -0.4 is 4.57 Å². The molecule has 0 fully saturated rings. The maximum Gasteiger partial charge on any atom is 0.212 e. The maximum absolute atomic E-state index is 2.18. The molecule has 0 atom stereocenters. The molecule has 3 rings (SSSR count). The largest absolute Gasteiger partial charge is 0.212 e. The van der Waals surface area contributed by atoms with E-state index >= 15 is 0 Å². The summed E-state index contributed by atoms with van der Waals surface area (Å²) in [6.45, 7) is 0. The molecule has 2 aromatic carbocycles. The van der Waals surface area contributed by atoms with Crippen molar-refractivity contribution < 1.29 is 4.57 Å². The van der Waals surface area contributed by atoms with Crippen molar-refractivity contribution >= 4 is 0 Å². The van der Waals surface area contributed by atoms with E-state index in [2.05, 4.69) is 78.5 Å². The van der Waals surface area contributed by atoms with Crippen molar-refractivity contribution in [2.24, 2.45) is 7.05 Å². The molecule has 1 heteroatoms. The Balaban J connectivity index is 2.04. The Bertz CT molecular complexity index is 673. The van der Waals surface area contributed by atoms with Crippen LogP contribution in [0.5, 0.6) is 0 Å². The molecule has 0 bridgehead atoms. The topological polar surface area (TPSA) is 3.88 Å². The molecule has 0 aliphatic heterocycles.